The molecule has 0 aliphatic heterocycles. The zero-order valence-electron chi connectivity index (χ0n) is 12.0. The molecule has 0 saturated heterocycles. The van der Waals surface area contributed by atoms with Gasteiger partial charge in [0, 0.05) is 18.8 Å². The Bertz CT molecular complexity index is 681. The van der Waals surface area contributed by atoms with Crippen molar-refractivity contribution in [2.24, 2.45) is 7.05 Å². The van der Waals surface area contributed by atoms with E-state index in [1.165, 1.54) is 21.9 Å². The first kappa shape index (κ1) is 13.3. The van der Waals surface area contributed by atoms with E-state index in [1.807, 2.05) is 38.0 Å². The second-order valence-corrected chi connectivity index (χ2v) is 4.41. The average Bonchev–Trinajstić information content (AvgIpc) is 2.88. The van der Waals surface area contributed by atoms with E-state index in [0.29, 0.717) is 0 Å². The molecule has 2 nitrogen and oxygen atoms in total. The van der Waals surface area contributed by atoms with Crippen LogP contribution < -0.4 is 0 Å². The van der Waals surface area contributed by atoms with Crippen LogP contribution in [0.3, 0.4) is 0 Å². The summed E-state index contributed by atoms with van der Waals surface area (Å²) in [6, 6.07) is 13.0. The van der Waals surface area contributed by atoms with Crippen LogP contribution in [0.2, 0.25) is 0 Å². The fourth-order valence-electron chi connectivity index (χ4n) is 2.20. The highest BCUT2D eigenvalue weighted by Gasteiger charge is 2.02. The van der Waals surface area contributed by atoms with Crippen LogP contribution in [0.1, 0.15) is 19.4 Å². The summed E-state index contributed by atoms with van der Waals surface area (Å²) < 4.78 is 1.83. The van der Waals surface area contributed by atoms with Crippen molar-refractivity contribution >= 4 is 10.8 Å². The highest BCUT2D eigenvalue weighted by molar-refractivity contribution is 5.89. The largest absolute Gasteiger partial charge is 0.275 e. The molecule has 3 rings (SSSR count). The lowest BCUT2D eigenvalue weighted by Gasteiger charge is -2.04. The second-order valence-electron chi connectivity index (χ2n) is 4.41. The van der Waals surface area contributed by atoms with Crippen molar-refractivity contribution in [3.8, 4) is 11.1 Å². The van der Waals surface area contributed by atoms with E-state index >= 15 is 0 Å². The van der Waals surface area contributed by atoms with Crippen LogP contribution in [0, 0.1) is 6.92 Å². The van der Waals surface area contributed by atoms with Crippen LogP contribution in [0.25, 0.3) is 21.9 Å². The lowest BCUT2D eigenvalue weighted by molar-refractivity contribution is 0.768. The third kappa shape index (κ3) is 2.68. The van der Waals surface area contributed by atoms with E-state index in [2.05, 4.69) is 48.4 Å². The van der Waals surface area contributed by atoms with E-state index in [4.69, 9.17) is 0 Å². The molecule has 0 aliphatic carbocycles. The maximum atomic E-state index is 4.21. The quantitative estimate of drug-likeness (QED) is 0.620. The topological polar surface area (TPSA) is 17.8 Å². The van der Waals surface area contributed by atoms with E-state index in [1.54, 1.807) is 0 Å². The minimum Gasteiger partial charge on any atom is -0.275 e. The number of hydrogen-bond donors (Lipinski definition) is 0. The fourth-order valence-corrected chi connectivity index (χ4v) is 2.20. The van der Waals surface area contributed by atoms with Crippen molar-refractivity contribution in [3.05, 3.63) is 54.4 Å². The number of fused-ring (bicyclic) bond motifs is 1. The lowest BCUT2D eigenvalue weighted by Crippen LogP contribution is -1.84. The van der Waals surface area contributed by atoms with Crippen LogP contribution >= 0.6 is 0 Å². The third-order valence-electron chi connectivity index (χ3n) is 3.14. The molecule has 0 atom stereocenters. The van der Waals surface area contributed by atoms with Crippen LogP contribution in [0.4, 0.5) is 0 Å². The summed E-state index contributed by atoms with van der Waals surface area (Å²) in [5, 5.41) is 6.81. The molecule has 0 amide bonds. The summed E-state index contributed by atoms with van der Waals surface area (Å²) in [7, 11) is 1.94. The van der Waals surface area contributed by atoms with Gasteiger partial charge in [0.05, 0.1) is 6.20 Å². The first-order valence-electron chi connectivity index (χ1n) is 6.72. The van der Waals surface area contributed by atoms with Gasteiger partial charge in [-0.3, -0.25) is 4.68 Å². The molecule has 0 bridgehead atoms. The van der Waals surface area contributed by atoms with Crippen molar-refractivity contribution in [2.75, 3.05) is 0 Å². The zero-order chi connectivity index (χ0) is 13.8. The van der Waals surface area contributed by atoms with Crippen molar-refractivity contribution in [1.82, 2.24) is 9.78 Å². The number of benzene rings is 2. The number of hydrogen-bond acceptors (Lipinski definition) is 1. The zero-order valence-corrected chi connectivity index (χ0v) is 12.0. The first-order valence-corrected chi connectivity index (χ1v) is 6.72. The predicted octanol–water partition coefficient (Wildman–Crippen LogP) is 4.57. The summed E-state index contributed by atoms with van der Waals surface area (Å²) in [5.74, 6) is 0. The van der Waals surface area contributed by atoms with Crippen molar-refractivity contribution in [1.29, 1.82) is 0 Å². The third-order valence-corrected chi connectivity index (χ3v) is 3.14. The Labute approximate surface area is 114 Å². The van der Waals surface area contributed by atoms with Crippen LogP contribution in [0.15, 0.2) is 48.8 Å². The van der Waals surface area contributed by atoms with Crippen molar-refractivity contribution in [3.63, 3.8) is 0 Å². The number of aryl methyl sites for hydroxylation is 2. The predicted molar refractivity (Wildman–Crippen MR) is 82.2 cm³/mol. The fraction of sp³-hybridized carbons (Fsp3) is 0.235. The van der Waals surface area contributed by atoms with Gasteiger partial charge in [0.1, 0.15) is 0 Å². The molecule has 0 unspecified atom stereocenters. The monoisotopic (exact) mass is 252 g/mol. The Morgan fingerprint density at radius 2 is 1.79 bits per heavy atom. The number of aromatic nitrogens is 2. The molecule has 0 N–H and O–H groups in total. The molecule has 2 aromatic carbocycles. The summed E-state index contributed by atoms with van der Waals surface area (Å²) >= 11 is 0. The SMILES string of the molecule is CC.Cc1cccc2cc(-c3cnn(C)c3)ccc12. The normalized spacial score (nSPS) is 10.1. The summed E-state index contributed by atoms with van der Waals surface area (Å²) in [6.07, 6.45) is 3.94. The molecule has 0 fully saturated rings. The molecule has 0 aliphatic rings. The van der Waals surface area contributed by atoms with Gasteiger partial charge in [0.15, 0.2) is 0 Å². The smallest absolute Gasteiger partial charge is 0.0568 e. The Balaban J connectivity index is 0.000000637. The van der Waals surface area contributed by atoms with Gasteiger partial charge in [-0.25, -0.2) is 0 Å². The standard InChI is InChI=1S/C15H14N2.C2H6/c1-11-4-3-5-13-8-12(6-7-15(11)13)14-9-16-17(2)10-14;1-2/h3-10H,1-2H3;1-2H3. The van der Waals surface area contributed by atoms with Gasteiger partial charge >= 0.3 is 0 Å². The van der Waals surface area contributed by atoms with Crippen LogP contribution in [-0.4, -0.2) is 9.78 Å². The Morgan fingerprint density at radius 1 is 1.00 bits per heavy atom. The Kier molecular flexibility index (Phi) is 4.00. The van der Waals surface area contributed by atoms with E-state index in [9.17, 15) is 0 Å². The van der Waals surface area contributed by atoms with Gasteiger partial charge in [0.2, 0.25) is 0 Å². The molecule has 2 heteroatoms. The maximum absolute atomic E-state index is 4.21. The number of nitrogens with zero attached hydrogens (tertiary/aromatic N) is 2. The maximum Gasteiger partial charge on any atom is 0.0568 e. The number of rotatable bonds is 1. The minimum absolute atomic E-state index is 1.16. The minimum atomic E-state index is 1.16. The molecule has 0 radical (unpaired) electrons. The van der Waals surface area contributed by atoms with Gasteiger partial charge in [-0.05, 0) is 34.9 Å². The molecule has 0 saturated carbocycles. The van der Waals surface area contributed by atoms with E-state index in [-0.39, 0.29) is 0 Å². The van der Waals surface area contributed by atoms with Gasteiger partial charge < -0.3 is 0 Å². The highest BCUT2D eigenvalue weighted by Crippen LogP contribution is 2.25. The van der Waals surface area contributed by atoms with E-state index < -0.39 is 0 Å². The first-order chi connectivity index (χ1) is 9.24. The van der Waals surface area contributed by atoms with Crippen molar-refractivity contribution < 1.29 is 0 Å². The molecule has 19 heavy (non-hydrogen) atoms. The van der Waals surface area contributed by atoms with Crippen LogP contribution in [-0.2, 0) is 7.05 Å². The molecule has 0 spiro atoms. The van der Waals surface area contributed by atoms with Gasteiger partial charge in [-0.2, -0.15) is 5.10 Å². The van der Waals surface area contributed by atoms with Crippen LogP contribution in [0.5, 0.6) is 0 Å². The second kappa shape index (κ2) is 5.70. The Morgan fingerprint density at radius 3 is 2.47 bits per heavy atom. The molecule has 98 valence electrons. The summed E-state index contributed by atoms with van der Waals surface area (Å²) in [5.41, 5.74) is 3.70. The van der Waals surface area contributed by atoms with Gasteiger partial charge in [-0.1, -0.05) is 44.2 Å². The van der Waals surface area contributed by atoms with Gasteiger partial charge in [0.25, 0.3) is 0 Å². The Hall–Kier alpha value is -2.09. The van der Waals surface area contributed by atoms with Crippen molar-refractivity contribution in [2.45, 2.75) is 20.8 Å². The summed E-state index contributed by atoms with van der Waals surface area (Å²) in [4.78, 5) is 0. The average molecular weight is 252 g/mol. The molecule has 1 heterocycles. The molecular formula is C17H20N2. The lowest BCUT2D eigenvalue weighted by atomic mass is 10.0. The van der Waals surface area contributed by atoms with E-state index in [0.717, 1.165) is 5.56 Å². The van der Waals surface area contributed by atoms with Gasteiger partial charge in [-0.15, -0.1) is 0 Å². The molecule has 1 aromatic heterocycles. The summed E-state index contributed by atoms with van der Waals surface area (Å²) in [6.45, 7) is 6.14. The molecular weight excluding hydrogens is 232 g/mol. The highest BCUT2D eigenvalue weighted by atomic mass is 15.2. The molecule has 3 aromatic rings.